The highest BCUT2D eigenvalue weighted by Gasteiger charge is 2.25. The van der Waals surface area contributed by atoms with Gasteiger partial charge in [-0.3, -0.25) is 4.79 Å². The lowest BCUT2D eigenvalue weighted by molar-refractivity contribution is -0.147. The third-order valence-corrected chi connectivity index (χ3v) is 2.26. The van der Waals surface area contributed by atoms with E-state index in [0.717, 1.165) is 0 Å². The molecule has 5 nitrogen and oxygen atoms in total. The Morgan fingerprint density at radius 3 is 2.60 bits per heavy atom. The molecule has 0 aromatic carbocycles. The summed E-state index contributed by atoms with van der Waals surface area (Å²) in [5.41, 5.74) is 5.27. The van der Waals surface area contributed by atoms with Crippen molar-refractivity contribution in [3.8, 4) is 0 Å². The van der Waals surface area contributed by atoms with Crippen LogP contribution in [0.25, 0.3) is 0 Å². The summed E-state index contributed by atoms with van der Waals surface area (Å²) in [4.78, 5) is 13.5. The fourth-order valence-corrected chi connectivity index (χ4v) is 1.72. The summed E-state index contributed by atoms with van der Waals surface area (Å²) in [5.74, 6) is 0.0189. The minimum Gasteiger partial charge on any atom is -0.372 e. The van der Waals surface area contributed by atoms with Crippen LogP contribution in [-0.2, 0) is 14.3 Å². The zero-order valence-electron chi connectivity index (χ0n) is 9.44. The molecule has 1 aliphatic heterocycles. The second-order valence-corrected chi connectivity index (χ2v) is 3.90. The summed E-state index contributed by atoms with van der Waals surface area (Å²) in [6.07, 6.45) is 0.208. The molecular weight excluding hydrogens is 196 g/mol. The molecule has 88 valence electrons. The normalized spacial score (nSPS) is 26.7. The number of morpholine rings is 1. The van der Waals surface area contributed by atoms with Crippen LogP contribution in [-0.4, -0.2) is 55.9 Å². The Labute approximate surface area is 90.5 Å². The van der Waals surface area contributed by atoms with Gasteiger partial charge in [-0.05, 0) is 13.8 Å². The van der Waals surface area contributed by atoms with Crippen LogP contribution in [0.5, 0.6) is 0 Å². The van der Waals surface area contributed by atoms with Crippen molar-refractivity contribution >= 4 is 5.91 Å². The molecule has 1 heterocycles. The Hall–Kier alpha value is -0.650. The van der Waals surface area contributed by atoms with E-state index in [-0.39, 0.29) is 24.7 Å². The predicted molar refractivity (Wildman–Crippen MR) is 56.5 cm³/mol. The zero-order chi connectivity index (χ0) is 11.3. The van der Waals surface area contributed by atoms with Gasteiger partial charge in [-0.1, -0.05) is 0 Å². The first-order chi connectivity index (χ1) is 7.13. The van der Waals surface area contributed by atoms with Gasteiger partial charge in [-0.2, -0.15) is 0 Å². The number of hydrogen-bond acceptors (Lipinski definition) is 4. The summed E-state index contributed by atoms with van der Waals surface area (Å²) < 4.78 is 10.6. The highest BCUT2D eigenvalue weighted by Crippen LogP contribution is 2.10. The van der Waals surface area contributed by atoms with Gasteiger partial charge in [-0.15, -0.1) is 0 Å². The number of rotatable bonds is 4. The molecule has 0 spiro atoms. The van der Waals surface area contributed by atoms with Crippen LogP contribution >= 0.6 is 0 Å². The number of carbonyl (C=O) groups excluding carboxylic acids is 1. The van der Waals surface area contributed by atoms with E-state index in [1.807, 2.05) is 13.8 Å². The molecule has 0 aromatic rings. The average molecular weight is 216 g/mol. The molecule has 0 bridgehead atoms. The number of nitrogens with zero attached hydrogens (tertiary/aromatic N) is 1. The molecule has 0 saturated carbocycles. The highest BCUT2D eigenvalue weighted by molar-refractivity contribution is 5.77. The standard InChI is InChI=1S/C10H20N2O3/c1-8-5-12(6-9(2)15-8)10(13)7-14-4-3-11/h8-9H,3-7,11H2,1-2H3/t8-,9+. The lowest BCUT2D eigenvalue weighted by Gasteiger charge is -2.35. The monoisotopic (exact) mass is 216 g/mol. The van der Waals surface area contributed by atoms with Crippen molar-refractivity contribution in [2.24, 2.45) is 5.73 Å². The molecule has 2 N–H and O–H groups in total. The molecule has 0 aliphatic carbocycles. The van der Waals surface area contributed by atoms with Crippen molar-refractivity contribution in [3.63, 3.8) is 0 Å². The van der Waals surface area contributed by atoms with Gasteiger partial charge in [0.15, 0.2) is 0 Å². The van der Waals surface area contributed by atoms with Gasteiger partial charge in [0.25, 0.3) is 0 Å². The van der Waals surface area contributed by atoms with E-state index in [2.05, 4.69) is 0 Å². The van der Waals surface area contributed by atoms with Gasteiger partial charge >= 0.3 is 0 Å². The summed E-state index contributed by atoms with van der Waals surface area (Å²) in [7, 11) is 0. The molecular formula is C10H20N2O3. The first-order valence-electron chi connectivity index (χ1n) is 5.34. The maximum atomic E-state index is 11.7. The largest absolute Gasteiger partial charge is 0.372 e. The van der Waals surface area contributed by atoms with E-state index < -0.39 is 0 Å². The SMILES string of the molecule is C[C@@H]1CN(C(=O)COCCN)C[C@H](C)O1. The number of ether oxygens (including phenoxy) is 2. The van der Waals surface area contributed by atoms with E-state index in [9.17, 15) is 4.79 Å². The fraction of sp³-hybridized carbons (Fsp3) is 0.900. The number of nitrogens with two attached hydrogens (primary N) is 1. The lowest BCUT2D eigenvalue weighted by Crippen LogP contribution is -2.49. The molecule has 1 fully saturated rings. The topological polar surface area (TPSA) is 64.8 Å². The quantitative estimate of drug-likeness (QED) is 0.649. The van der Waals surface area contributed by atoms with Crippen LogP contribution < -0.4 is 5.73 Å². The Balaban J connectivity index is 2.31. The molecule has 1 rings (SSSR count). The van der Waals surface area contributed by atoms with Crippen LogP contribution in [0.2, 0.25) is 0 Å². The summed E-state index contributed by atoms with van der Waals surface area (Å²) in [6, 6.07) is 0. The van der Waals surface area contributed by atoms with Crippen molar-refractivity contribution in [3.05, 3.63) is 0 Å². The van der Waals surface area contributed by atoms with Gasteiger partial charge in [-0.25, -0.2) is 0 Å². The third-order valence-electron chi connectivity index (χ3n) is 2.26. The fourth-order valence-electron chi connectivity index (χ4n) is 1.72. The van der Waals surface area contributed by atoms with Gasteiger partial charge in [0.2, 0.25) is 5.91 Å². The van der Waals surface area contributed by atoms with E-state index in [0.29, 0.717) is 26.2 Å². The third kappa shape index (κ3) is 4.15. The van der Waals surface area contributed by atoms with Crippen LogP contribution in [0.15, 0.2) is 0 Å². The molecule has 1 amide bonds. The van der Waals surface area contributed by atoms with Crippen molar-refractivity contribution in [1.82, 2.24) is 4.90 Å². The summed E-state index contributed by atoms with van der Waals surface area (Å²) >= 11 is 0. The van der Waals surface area contributed by atoms with Gasteiger partial charge < -0.3 is 20.1 Å². The first kappa shape index (κ1) is 12.4. The predicted octanol–water partition coefficient (Wildman–Crippen LogP) is -0.402. The smallest absolute Gasteiger partial charge is 0.248 e. The second-order valence-electron chi connectivity index (χ2n) is 3.90. The Morgan fingerprint density at radius 1 is 1.47 bits per heavy atom. The van der Waals surface area contributed by atoms with Crippen LogP contribution in [0.1, 0.15) is 13.8 Å². The van der Waals surface area contributed by atoms with Gasteiger partial charge in [0.05, 0.1) is 18.8 Å². The molecule has 0 aromatic heterocycles. The van der Waals surface area contributed by atoms with E-state index in [1.165, 1.54) is 0 Å². The molecule has 1 aliphatic rings. The van der Waals surface area contributed by atoms with Crippen molar-refractivity contribution in [2.75, 3.05) is 32.8 Å². The van der Waals surface area contributed by atoms with E-state index >= 15 is 0 Å². The summed E-state index contributed by atoms with van der Waals surface area (Å²) in [6.45, 7) is 6.23. The molecule has 0 unspecified atom stereocenters. The molecule has 5 heteroatoms. The Kier molecular flexibility index (Phi) is 5.01. The van der Waals surface area contributed by atoms with Gasteiger partial charge in [0, 0.05) is 19.6 Å². The summed E-state index contributed by atoms with van der Waals surface area (Å²) in [5, 5.41) is 0. The Bertz CT molecular complexity index is 201. The second kappa shape index (κ2) is 6.05. The maximum Gasteiger partial charge on any atom is 0.248 e. The number of carbonyl (C=O) groups is 1. The Morgan fingerprint density at radius 2 is 2.07 bits per heavy atom. The lowest BCUT2D eigenvalue weighted by atomic mass is 10.2. The van der Waals surface area contributed by atoms with Crippen molar-refractivity contribution in [1.29, 1.82) is 0 Å². The highest BCUT2D eigenvalue weighted by atomic mass is 16.5. The molecule has 1 saturated heterocycles. The van der Waals surface area contributed by atoms with Crippen LogP contribution in [0.4, 0.5) is 0 Å². The van der Waals surface area contributed by atoms with Crippen LogP contribution in [0, 0.1) is 0 Å². The minimum atomic E-state index is 0.0189. The number of hydrogen-bond donors (Lipinski definition) is 1. The van der Waals surface area contributed by atoms with Gasteiger partial charge in [0.1, 0.15) is 6.61 Å². The average Bonchev–Trinajstić information content (AvgIpc) is 2.16. The van der Waals surface area contributed by atoms with E-state index in [1.54, 1.807) is 4.90 Å². The first-order valence-corrected chi connectivity index (χ1v) is 5.34. The molecule has 2 atom stereocenters. The van der Waals surface area contributed by atoms with Crippen molar-refractivity contribution in [2.45, 2.75) is 26.1 Å². The van der Waals surface area contributed by atoms with Crippen LogP contribution in [0.3, 0.4) is 0 Å². The van der Waals surface area contributed by atoms with E-state index in [4.69, 9.17) is 15.2 Å². The maximum absolute atomic E-state index is 11.7. The molecule has 15 heavy (non-hydrogen) atoms. The zero-order valence-corrected chi connectivity index (χ0v) is 9.44. The minimum absolute atomic E-state index is 0.0189. The molecule has 0 radical (unpaired) electrons. The van der Waals surface area contributed by atoms with Crippen molar-refractivity contribution < 1.29 is 14.3 Å². The number of amides is 1.